The number of carbonyl (C=O) groups excluding carboxylic acids is 1. The van der Waals surface area contributed by atoms with Crippen molar-refractivity contribution < 1.29 is 14.3 Å². The predicted octanol–water partition coefficient (Wildman–Crippen LogP) is 6.20. The molecule has 1 heterocycles. The minimum Gasteiger partial charge on any atom is -0.490 e. The molecule has 7 heteroatoms. The van der Waals surface area contributed by atoms with Gasteiger partial charge >= 0.3 is 0 Å². The van der Waals surface area contributed by atoms with E-state index in [0.29, 0.717) is 39.8 Å². The molecule has 0 bridgehead atoms. The molecular weight excluding hydrogens is 462 g/mol. The number of thiocarbonyl (C=S) groups is 1. The lowest BCUT2D eigenvalue weighted by Gasteiger charge is -2.14. The molecule has 0 unspecified atom stereocenters. The van der Waals surface area contributed by atoms with Crippen LogP contribution in [0.5, 0.6) is 11.5 Å². The predicted molar refractivity (Wildman–Crippen MR) is 134 cm³/mol. The van der Waals surface area contributed by atoms with Crippen LogP contribution in [0.4, 0.5) is 0 Å². The fraction of sp³-hybridized carbons (Fsp3) is 0.120. The standard InChI is InChI=1S/C25H20ClNO3S2/c26-21-8-4-5-9-22(21)30-15-14-29-20-12-10-18(11-13-20)16-23-24(28)27(25(31)32-23)17-19-6-2-1-3-7-19/h1-13,16H,14-15,17H2/b23-16-. The Morgan fingerprint density at radius 1 is 0.906 bits per heavy atom. The van der Waals surface area contributed by atoms with Crippen LogP contribution in [0.3, 0.4) is 0 Å². The molecular formula is C25H20ClNO3S2. The maximum atomic E-state index is 12.8. The monoisotopic (exact) mass is 481 g/mol. The number of ether oxygens (including phenoxy) is 2. The molecule has 4 nitrogen and oxygen atoms in total. The van der Waals surface area contributed by atoms with Gasteiger partial charge in [-0.05, 0) is 41.5 Å². The Hall–Kier alpha value is -2.80. The average molecular weight is 482 g/mol. The van der Waals surface area contributed by atoms with Crippen molar-refractivity contribution in [1.82, 2.24) is 4.90 Å². The van der Waals surface area contributed by atoms with Crippen molar-refractivity contribution >= 4 is 51.9 Å². The number of nitrogens with zero attached hydrogens (tertiary/aromatic N) is 1. The van der Waals surface area contributed by atoms with Gasteiger partial charge < -0.3 is 9.47 Å². The number of hydrogen-bond donors (Lipinski definition) is 0. The highest BCUT2D eigenvalue weighted by atomic mass is 35.5. The smallest absolute Gasteiger partial charge is 0.266 e. The van der Waals surface area contributed by atoms with E-state index in [1.807, 2.05) is 78.9 Å². The number of carbonyl (C=O) groups is 1. The number of hydrogen-bond acceptors (Lipinski definition) is 5. The van der Waals surface area contributed by atoms with E-state index >= 15 is 0 Å². The molecule has 1 amide bonds. The summed E-state index contributed by atoms with van der Waals surface area (Å²) in [5, 5.41) is 0.575. The van der Waals surface area contributed by atoms with Crippen LogP contribution in [0.25, 0.3) is 6.08 Å². The first-order valence-electron chi connectivity index (χ1n) is 9.99. The molecule has 3 aromatic carbocycles. The van der Waals surface area contributed by atoms with Gasteiger partial charge in [-0.1, -0.05) is 90.2 Å². The van der Waals surface area contributed by atoms with E-state index in [4.69, 9.17) is 33.3 Å². The highest BCUT2D eigenvalue weighted by Gasteiger charge is 2.31. The van der Waals surface area contributed by atoms with Crippen LogP contribution in [0.2, 0.25) is 5.02 Å². The Balaban J connectivity index is 1.31. The van der Waals surface area contributed by atoms with Crippen LogP contribution in [0, 0.1) is 0 Å². The van der Waals surface area contributed by atoms with Gasteiger partial charge in [-0.3, -0.25) is 9.69 Å². The van der Waals surface area contributed by atoms with Crippen molar-refractivity contribution in [2.75, 3.05) is 13.2 Å². The van der Waals surface area contributed by atoms with E-state index in [9.17, 15) is 4.79 Å². The van der Waals surface area contributed by atoms with Crippen LogP contribution in [-0.2, 0) is 11.3 Å². The summed E-state index contributed by atoms with van der Waals surface area (Å²) in [5.41, 5.74) is 1.95. The Bertz CT molecular complexity index is 1130. The number of amides is 1. The van der Waals surface area contributed by atoms with Gasteiger partial charge in [-0.15, -0.1) is 0 Å². The van der Waals surface area contributed by atoms with Crippen LogP contribution in [0.15, 0.2) is 83.8 Å². The number of thioether (sulfide) groups is 1. The van der Waals surface area contributed by atoms with Crippen molar-refractivity contribution in [1.29, 1.82) is 0 Å². The molecule has 1 aliphatic heterocycles. The molecule has 0 spiro atoms. The number of rotatable bonds is 8. The molecule has 3 aromatic rings. The van der Waals surface area contributed by atoms with Gasteiger partial charge in [0.25, 0.3) is 5.91 Å². The zero-order valence-corrected chi connectivity index (χ0v) is 19.5. The molecule has 1 aliphatic rings. The first-order chi connectivity index (χ1) is 15.6. The summed E-state index contributed by atoms with van der Waals surface area (Å²) >= 11 is 12.8. The van der Waals surface area contributed by atoms with Gasteiger partial charge in [0.1, 0.15) is 29.0 Å². The molecule has 0 aliphatic carbocycles. The van der Waals surface area contributed by atoms with Gasteiger partial charge in [0, 0.05) is 0 Å². The quantitative estimate of drug-likeness (QED) is 0.217. The Labute approximate surface area is 201 Å². The van der Waals surface area contributed by atoms with Gasteiger partial charge in [0.2, 0.25) is 0 Å². The third kappa shape index (κ3) is 5.71. The highest BCUT2D eigenvalue weighted by Crippen LogP contribution is 2.33. The summed E-state index contributed by atoms with van der Waals surface area (Å²) in [6.07, 6.45) is 1.86. The zero-order valence-electron chi connectivity index (χ0n) is 17.1. The normalized spacial score (nSPS) is 14.8. The molecule has 0 N–H and O–H groups in total. The molecule has 162 valence electrons. The zero-order chi connectivity index (χ0) is 22.3. The maximum absolute atomic E-state index is 12.8. The molecule has 0 saturated carbocycles. The molecule has 0 aromatic heterocycles. The second-order valence-corrected chi connectivity index (χ2v) is 9.03. The molecule has 0 atom stereocenters. The van der Waals surface area contributed by atoms with E-state index in [0.717, 1.165) is 16.9 Å². The van der Waals surface area contributed by atoms with Gasteiger partial charge in [-0.2, -0.15) is 0 Å². The summed E-state index contributed by atoms with van der Waals surface area (Å²) in [7, 11) is 0. The van der Waals surface area contributed by atoms with Crippen molar-refractivity contribution in [3.63, 3.8) is 0 Å². The maximum Gasteiger partial charge on any atom is 0.266 e. The average Bonchev–Trinajstić information content (AvgIpc) is 3.07. The highest BCUT2D eigenvalue weighted by molar-refractivity contribution is 8.26. The van der Waals surface area contributed by atoms with Gasteiger partial charge in [0.15, 0.2) is 0 Å². The van der Waals surface area contributed by atoms with E-state index < -0.39 is 0 Å². The molecule has 1 fully saturated rings. The number of halogens is 1. The second kappa shape index (κ2) is 10.7. The molecule has 0 radical (unpaired) electrons. The van der Waals surface area contributed by atoms with Crippen LogP contribution < -0.4 is 9.47 Å². The summed E-state index contributed by atoms with van der Waals surface area (Å²) in [6, 6.07) is 24.7. The van der Waals surface area contributed by atoms with Gasteiger partial charge in [-0.25, -0.2) is 0 Å². The van der Waals surface area contributed by atoms with Crippen LogP contribution in [0.1, 0.15) is 11.1 Å². The summed E-state index contributed by atoms with van der Waals surface area (Å²) in [4.78, 5) is 15.1. The summed E-state index contributed by atoms with van der Waals surface area (Å²) in [5.74, 6) is 1.29. The lowest BCUT2D eigenvalue weighted by Crippen LogP contribution is -2.27. The van der Waals surface area contributed by atoms with Crippen molar-refractivity contribution in [2.24, 2.45) is 0 Å². The SMILES string of the molecule is O=C1/C(=C/c2ccc(OCCOc3ccccc3Cl)cc2)SC(=S)N1Cc1ccccc1. The topological polar surface area (TPSA) is 38.8 Å². The van der Waals surface area contributed by atoms with E-state index in [1.165, 1.54) is 11.8 Å². The third-order valence-electron chi connectivity index (χ3n) is 4.68. The summed E-state index contributed by atoms with van der Waals surface area (Å²) in [6.45, 7) is 1.25. The fourth-order valence-electron chi connectivity index (χ4n) is 3.09. The fourth-order valence-corrected chi connectivity index (χ4v) is 4.53. The number of benzene rings is 3. The Morgan fingerprint density at radius 3 is 2.34 bits per heavy atom. The lowest BCUT2D eigenvalue weighted by atomic mass is 10.2. The Kier molecular flexibility index (Phi) is 7.47. The summed E-state index contributed by atoms with van der Waals surface area (Å²) < 4.78 is 11.9. The molecule has 32 heavy (non-hydrogen) atoms. The van der Waals surface area contributed by atoms with Crippen LogP contribution >= 0.6 is 35.6 Å². The first kappa shape index (κ1) is 22.4. The number of para-hydroxylation sites is 1. The van der Waals surface area contributed by atoms with Crippen molar-refractivity contribution in [3.8, 4) is 11.5 Å². The second-order valence-electron chi connectivity index (χ2n) is 6.95. The minimum atomic E-state index is -0.0686. The Morgan fingerprint density at radius 2 is 1.59 bits per heavy atom. The van der Waals surface area contributed by atoms with Crippen molar-refractivity contribution in [3.05, 3.63) is 99.9 Å². The van der Waals surface area contributed by atoms with E-state index in [1.54, 1.807) is 11.0 Å². The lowest BCUT2D eigenvalue weighted by molar-refractivity contribution is -0.122. The van der Waals surface area contributed by atoms with Gasteiger partial charge in [0.05, 0.1) is 16.5 Å². The van der Waals surface area contributed by atoms with Crippen LogP contribution in [-0.4, -0.2) is 28.3 Å². The minimum absolute atomic E-state index is 0.0686. The van der Waals surface area contributed by atoms with E-state index in [-0.39, 0.29) is 5.91 Å². The third-order valence-corrected chi connectivity index (χ3v) is 6.37. The molecule has 4 rings (SSSR count). The largest absolute Gasteiger partial charge is 0.490 e. The van der Waals surface area contributed by atoms with Crippen molar-refractivity contribution in [2.45, 2.75) is 6.54 Å². The van der Waals surface area contributed by atoms with E-state index in [2.05, 4.69) is 0 Å². The molecule has 1 saturated heterocycles. The first-order valence-corrected chi connectivity index (χ1v) is 11.6.